The Balaban J connectivity index is 2.75. The van der Waals surface area contributed by atoms with Gasteiger partial charge in [0.2, 0.25) is 0 Å². The highest BCUT2D eigenvalue weighted by atomic mass is 16.5. The SMILES string of the molecule is O=C1C=C(C(=O)O)COC1. The van der Waals surface area contributed by atoms with E-state index in [-0.39, 0.29) is 24.6 Å². The van der Waals surface area contributed by atoms with E-state index in [1.807, 2.05) is 0 Å². The molecule has 0 unspecified atom stereocenters. The molecular weight excluding hydrogens is 136 g/mol. The van der Waals surface area contributed by atoms with Gasteiger partial charge in [-0.15, -0.1) is 0 Å². The number of hydrogen-bond acceptors (Lipinski definition) is 3. The molecule has 0 spiro atoms. The van der Waals surface area contributed by atoms with Crippen LogP contribution in [0.4, 0.5) is 0 Å². The summed E-state index contributed by atoms with van der Waals surface area (Å²) in [6, 6.07) is 0. The van der Waals surface area contributed by atoms with Crippen LogP contribution in [0.15, 0.2) is 11.6 Å². The lowest BCUT2D eigenvalue weighted by Crippen LogP contribution is -2.19. The fraction of sp³-hybridized carbons (Fsp3) is 0.333. The van der Waals surface area contributed by atoms with Crippen molar-refractivity contribution in [1.82, 2.24) is 0 Å². The predicted octanol–water partition coefficient (Wildman–Crippen LogP) is -0.403. The zero-order valence-electron chi connectivity index (χ0n) is 5.16. The summed E-state index contributed by atoms with van der Waals surface area (Å²) in [4.78, 5) is 20.7. The Bertz CT molecular complexity index is 204. The maximum absolute atomic E-state index is 10.5. The van der Waals surface area contributed by atoms with Gasteiger partial charge in [-0.1, -0.05) is 0 Å². The van der Waals surface area contributed by atoms with Crippen molar-refractivity contribution >= 4 is 11.8 Å². The third-order valence-electron chi connectivity index (χ3n) is 1.11. The number of carbonyl (C=O) groups excluding carboxylic acids is 1. The second-order valence-electron chi connectivity index (χ2n) is 1.93. The summed E-state index contributed by atoms with van der Waals surface area (Å²) in [6.45, 7) is 0.0256. The largest absolute Gasteiger partial charge is 0.478 e. The summed E-state index contributed by atoms with van der Waals surface area (Å²) in [7, 11) is 0. The average Bonchev–Trinajstić information content (AvgIpc) is 1.88. The predicted molar refractivity (Wildman–Crippen MR) is 31.5 cm³/mol. The smallest absolute Gasteiger partial charge is 0.334 e. The third kappa shape index (κ3) is 1.41. The average molecular weight is 142 g/mol. The van der Waals surface area contributed by atoms with Crippen LogP contribution >= 0.6 is 0 Å². The number of aliphatic carboxylic acids is 1. The van der Waals surface area contributed by atoms with Crippen molar-refractivity contribution in [3.05, 3.63) is 11.6 Å². The molecule has 0 amide bonds. The number of carboxylic acids is 1. The highest BCUT2D eigenvalue weighted by Crippen LogP contribution is 2.02. The number of rotatable bonds is 1. The summed E-state index contributed by atoms with van der Waals surface area (Å²) in [5.41, 5.74) is 0.0243. The Labute approximate surface area is 57.1 Å². The minimum Gasteiger partial charge on any atom is -0.478 e. The monoisotopic (exact) mass is 142 g/mol. The molecule has 0 aromatic carbocycles. The van der Waals surface area contributed by atoms with Gasteiger partial charge in [0.25, 0.3) is 0 Å². The van der Waals surface area contributed by atoms with E-state index in [2.05, 4.69) is 4.74 Å². The third-order valence-corrected chi connectivity index (χ3v) is 1.11. The van der Waals surface area contributed by atoms with E-state index in [4.69, 9.17) is 5.11 Å². The van der Waals surface area contributed by atoms with E-state index in [0.29, 0.717) is 0 Å². The van der Waals surface area contributed by atoms with Gasteiger partial charge in [0.05, 0.1) is 12.2 Å². The van der Waals surface area contributed by atoms with E-state index >= 15 is 0 Å². The molecule has 54 valence electrons. The lowest BCUT2D eigenvalue weighted by Gasteiger charge is -2.07. The maximum Gasteiger partial charge on any atom is 0.334 e. The summed E-state index contributed by atoms with van der Waals surface area (Å²) in [6.07, 6.45) is 1.10. The van der Waals surface area contributed by atoms with Crippen molar-refractivity contribution in [2.75, 3.05) is 13.2 Å². The topological polar surface area (TPSA) is 63.6 Å². The summed E-state index contributed by atoms with van der Waals surface area (Å²) in [5.74, 6) is -1.38. The molecule has 4 heteroatoms. The van der Waals surface area contributed by atoms with Gasteiger partial charge >= 0.3 is 5.97 Å². The fourth-order valence-corrected chi connectivity index (χ4v) is 0.663. The van der Waals surface area contributed by atoms with E-state index in [1.165, 1.54) is 0 Å². The Kier molecular flexibility index (Phi) is 1.82. The molecule has 1 N–H and O–H groups in total. The number of carboxylic acid groups (broad SMARTS) is 1. The van der Waals surface area contributed by atoms with Crippen LogP contribution in [0.25, 0.3) is 0 Å². The van der Waals surface area contributed by atoms with Crippen LogP contribution in [-0.2, 0) is 14.3 Å². The lowest BCUT2D eigenvalue weighted by atomic mass is 10.2. The van der Waals surface area contributed by atoms with Gasteiger partial charge in [-0.2, -0.15) is 0 Å². The Morgan fingerprint density at radius 2 is 2.30 bits per heavy atom. The molecular formula is C6H6O4. The quantitative estimate of drug-likeness (QED) is 0.540. The molecule has 0 fully saturated rings. The van der Waals surface area contributed by atoms with Crippen molar-refractivity contribution in [2.45, 2.75) is 0 Å². The molecule has 0 atom stereocenters. The van der Waals surface area contributed by atoms with Gasteiger partial charge in [-0.05, 0) is 6.08 Å². The molecule has 10 heavy (non-hydrogen) atoms. The molecule has 0 bridgehead atoms. The van der Waals surface area contributed by atoms with Gasteiger partial charge in [-0.25, -0.2) is 4.79 Å². The lowest BCUT2D eigenvalue weighted by molar-refractivity contribution is -0.135. The molecule has 0 radical (unpaired) electrons. The van der Waals surface area contributed by atoms with Crippen molar-refractivity contribution in [1.29, 1.82) is 0 Å². The molecule has 0 aliphatic carbocycles. The van der Waals surface area contributed by atoms with Crippen LogP contribution in [0.2, 0.25) is 0 Å². The Morgan fingerprint density at radius 1 is 1.60 bits per heavy atom. The molecule has 4 nitrogen and oxygen atoms in total. The van der Waals surface area contributed by atoms with E-state index < -0.39 is 5.97 Å². The first-order valence-electron chi connectivity index (χ1n) is 2.74. The molecule has 0 saturated carbocycles. The standard InChI is InChI=1S/C6H6O4/c7-5-1-4(6(8)9)2-10-3-5/h1H,2-3H2,(H,8,9). The van der Waals surface area contributed by atoms with E-state index in [9.17, 15) is 9.59 Å². The number of ketones is 1. The van der Waals surface area contributed by atoms with Gasteiger partial charge < -0.3 is 9.84 Å². The van der Waals surface area contributed by atoms with Crippen LogP contribution in [0.3, 0.4) is 0 Å². The van der Waals surface area contributed by atoms with Crippen molar-refractivity contribution < 1.29 is 19.4 Å². The first kappa shape index (κ1) is 6.95. The second kappa shape index (κ2) is 2.62. The summed E-state index contributed by atoms with van der Waals surface area (Å²) >= 11 is 0. The maximum atomic E-state index is 10.5. The number of carbonyl (C=O) groups is 2. The minimum atomic E-state index is -1.09. The molecule has 0 saturated heterocycles. The molecule has 1 heterocycles. The van der Waals surface area contributed by atoms with Gasteiger partial charge in [0, 0.05) is 0 Å². The van der Waals surface area contributed by atoms with Crippen LogP contribution in [0, 0.1) is 0 Å². The van der Waals surface area contributed by atoms with Crippen molar-refractivity contribution in [3.8, 4) is 0 Å². The first-order chi connectivity index (χ1) is 4.70. The zero-order valence-corrected chi connectivity index (χ0v) is 5.16. The van der Waals surface area contributed by atoms with E-state index in [0.717, 1.165) is 6.08 Å². The summed E-state index contributed by atoms with van der Waals surface area (Å²) in [5, 5.41) is 8.36. The molecule has 1 aliphatic heterocycles. The molecule has 1 rings (SSSR count). The summed E-state index contributed by atoms with van der Waals surface area (Å²) < 4.78 is 4.66. The normalized spacial score (nSPS) is 18.4. The number of ether oxygens (including phenoxy) is 1. The number of hydrogen-bond donors (Lipinski definition) is 1. The highest BCUT2D eigenvalue weighted by Gasteiger charge is 2.14. The van der Waals surface area contributed by atoms with Crippen LogP contribution in [0.5, 0.6) is 0 Å². The highest BCUT2D eigenvalue weighted by molar-refractivity contribution is 6.00. The van der Waals surface area contributed by atoms with Crippen LogP contribution in [-0.4, -0.2) is 30.1 Å². The Hall–Kier alpha value is -1.16. The van der Waals surface area contributed by atoms with Crippen molar-refractivity contribution in [3.63, 3.8) is 0 Å². The molecule has 0 aromatic rings. The van der Waals surface area contributed by atoms with Crippen molar-refractivity contribution in [2.24, 2.45) is 0 Å². The molecule has 1 aliphatic rings. The van der Waals surface area contributed by atoms with Crippen LogP contribution in [0.1, 0.15) is 0 Å². The first-order valence-corrected chi connectivity index (χ1v) is 2.74. The van der Waals surface area contributed by atoms with Gasteiger partial charge in [0.15, 0.2) is 5.78 Å². The zero-order chi connectivity index (χ0) is 7.56. The molecule has 0 aromatic heterocycles. The van der Waals surface area contributed by atoms with Gasteiger partial charge in [0.1, 0.15) is 6.61 Å². The second-order valence-corrected chi connectivity index (χ2v) is 1.93. The van der Waals surface area contributed by atoms with Gasteiger partial charge in [-0.3, -0.25) is 4.79 Å². The minimum absolute atomic E-state index is 0.00319. The Morgan fingerprint density at radius 3 is 2.70 bits per heavy atom. The van der Waals surface area contributed by atoms with Crippen LogP contribution < -0.4 is 0 Å². The fourth-order valence-electron chi connectivity index (χ4n) is 0.663. The van der Waals surface area contributed by atoms with E-state index in [1.54, 1.807) is 0 Å².